The molecule has 1 unspecified atom stereocenters. The van der Waals surface area contributed by atoms with E-state index in [1.165, 1.54) is 12.1 Å². The molecule has 21 heavy (non-hydrogen) atoms. The lowest BCUT2D eigenvalue weighted by molar-refractivity contribution is -0.0905. The van der Waals surface area contributed by atoms with Crippen LogP contribution in [0.2, 0.25) is 0 Å². The molecule has 5 nitrogen and oxygen atoms in total. The number of sulfonamides is 1. The topological polar surface area (TPSA) is 79.2 Å². The fourth-order valence-corrected chi connectivity index (χ4v) is 5.06. The summed E-state index contributed by atoms with van der Waals surface area (Å²) in [6, 6.07) is 4.86. The van der Waals surface area contributed by atoms with Crippen LogP contribution in [0.4, 0.5) is 0 Å². The minimum absolute atomic E-state index is 0.115. The Hall–Kier alpha value is -0.940. The predicted molar refractivity (Wildman–Crippen MR) is 81.6 cm³/mol. The van der Waals surface area contributed by atoms with Crippen molar-refractivity contribution in [1.29, 1.82) is 5.26 Å². The lowest BCUT2D eigenvalue weighted by Crippen LogP contribution is -2.47. The minimum atomic E-state index is -3.55. The van der Waals surface area contributed by atoms with Crippen LogP contribution < -0.4 is 4.72 Å². The van der Waals surface area contributed by atoms with E-state index in [-0.39, 0.29) is 15.9 Å². The third kappa shape index (κ3) is 3.64. The van der Waals surface area contributed by atoms with E-state index in [0.717, 1.165) is 24.2 Å². The largest absolute Gasteiger partial charge is 0.375 e. The summed E-state index contributed by atoms with van der Waals surface area (Å²) in [5.74, 6) is 0. The molecule has 0 spiro atoms. The number of nitrogens with one attached hydrogen (secondary N) is 1. The van der Waals surface area contributed by atoms with Crippen molar-refractivity contribution in [3.05, 3.63) is 17.0 Å². The molecule has 0 aliphatic carbocycles. The second-order valence-corrected chi connectivity index (χ2v) is 8.30. The molecule has 2 rings (SSSR count). The van der Waals surface area contributed by atoms with E-state index in [1.807, 2.05) is 6.07 Å². The Bertz CT molecular complexity index is 627. The molecule has 1 aromatic rings. The normalized spacial score (nSPS) is 21.9. The highest BCUT2D eigenvalue weighted by molar-refractivity contribution is 7.91. The number of hydrogen-bond acceptors (Lipinski definition) is 5. The molecule has 0 saturated carbocycles. The van der Waals surface area contributed by atoms with Gasteiger partial charge in [0.1, 0.15) is 15.2 Å². The summed E-state index contributed by atoms with van der Waals surface area (Å²) in [7, 11) is -3.55. The average Bonchev–Trinajstić information content (AvgIpc) is 2.97. The van der Waals surface area contributed by atoms with Gasteiger partial charge < -0.3 is 4.74 Å². The molecule has 1 aliphatic heterocycles. The maximum atomic E-state index is 12.4. The highest BCUT2D eigenvalue weighted by Crippen LogP contribution is 2.32. The van der Waals surface area contributed by atoms with Gasteiger partial charge in [0.2, 0.25) is 10.0 Å². The van der Waals surface area contributed by atoms with Crippen molar-refractivity contribution in [2.75, 3.05) is 6.61 Å². The lowest BCUT2D eigenvalue weighted by atomic mass is 9.86. The van der Waals surface area contributed by atoms with Gasteiger partial charge in [-0.05, 0) is 37.8 Å². The van der Waals surface area contributed by atoms with Crippen LogP contribution in [0.3, 0.4) is 0 Å². The van der Waals surface area contributed by atoms with Crippen LogP contribution in [-0.2, 0) is 14.8 Å². The molecule has 0 bridgehead atoms. The summed E-state index contributed by atoms with van der Waals surface area (Å²) in [6.45, 7) is 4.71. The van der Waals surface area contributed by atoms with Gasteiger partial charge in [0, 0.05) is 12.6 Å². The fraction of sp³-hybridized carbons (Fsp3) is 0.643. The summed E-state index contributed by atoms with van der Waals surface area (Å²) in [4.78, 5) is 0.402. The molecule has 0 amide bonds. The molecule has 0 radical (unpaired) electrons. The van der Waals surface area contributed by atoms with E-state index in [9.17, 15) is 8.42 Å². The maximum absolute atomic E-state index is 12.4. The first-order valence-corrected chi connectivity index (χ1v) is 9.41. The van der Waals surface area contributed by atoms with Gasteiger partial charge in [0.25, 0.3) is 0 Å². The highest BCUT2D eigenvalue weighted by Gasteiger charge is 2.36. The molecule has 1 atom stereocenters. The Morgan fingerprint density at radius 2 is 2.19 bits per heavy atom. The van der Waals surface area contributed by atoms with Gasteiger partial charge in [-0.15, -0.1) is 11.3 Å². The van der Waals surface area contributed by atoms with Crippen molar-refractivity contribution in [2.45, 2.75) is 55.4 Å². The number of nitriles is 1. The maximum Gasteiger partial charge on any atom is 0.250 e. The van der Waals surface area contributed by atoms with Crippen molar-refractivity contribution in [1.82, 2.24) is 4.72 Å². The lowest BCUT2D eigenvalue weighted by Gasteiger charge is -2.40. The van der Waals surface area contributed by atoms with Gasteiger partial charge >= 0.3 is 0 Å². The second-order valence-electron chi connectivity index (χ2n) is 5.28. The summed E-state index contributed by atoms with van der Waals surface area (Å²) >= 11 is 0.997. The molecule has 7 heteroatoms. The first-order valence-electron chi connectivity index (χ1n) is 7.11. The fourth-order valence-electron chi connectivity index (χ4n) is 2.67. The molecule has 116 valence electrons. The summed E-state index contributed by atoms with van der Waals surface area (Å²) < 4.78 is 33.6. The van der Waals surface area contributed by atoms with E-state index in [0.29, 0.717) is 24.3 Å². The summed E-state index contributed by atoms with van der Waals surface area (Å²) in [5, 5.41) is 8.80. The van der Waals surface area contributed by atoms with Crippen LogP contribution in [0.15, 0.2) is 16.3 Å². The predicted octanol–water partition coefficient (Wildman–Crippen LogP) is 2.64. The van der Waals surface area contributed by atoms with Crippen molar-refractivity contribution < 1.29 is 13.2 Å². The second kappa shape index (κ2) is 6.44. The quantitative estimate of drug-likeness (QED) is 0.901. The van der Waals surface area contributed by atoms with Crippen LogP contribution in [0.1, 0.15) is 44.4 Å². The molecule has 2 heterocycles. The minimum Gasteiger partial charge on any atom is -0.375 e. The third-order valence-electron chi connectivity index (χ3n) is 4.06. The SMILES string of the molecule is CCC1(CC)CC(NS(=O)(=O)c2ccc(C#N)s2)CCO1. The Kier molecular flexibility index (Phi) is 5.04. The molecule has 1 N–H and O–H groups in total. The average molecular weight is 328 g/mol. The number of nitrogens with zero attached hydrogens (tertiary/aromatic N) is 1. The molecule has 1 aromatic heterocycles. The van der Waals surface area contributed by atoms with E-state index < -0.39 is 10.0 Å². The van der Waals surface area contributed by atoms with Crippen LogP contribution >= 0.6 is 11.3 Å². The zero-order valence-corrected chi connectivity index (χ0v) is 13.9. The van der Waals surface area contributed by atoms with Gasteiger partial charge in [-0.3, -0.25) is 0 Å². The Morgan fingerprint density at radius 1 is 1.48 bits per heavy atom. The zero-order chi connectivity index (χ0) is 15.5. The van der Waals surface area contributed by atoms with Gasteiger partial charge in [-0.1, -0.05) is 13.8 Å². The Morgan fingerprint density at radius 3 is 2.76 bits per heavy atom. The first kappa shape index (κ1) is 16.4. The summed E-state index contributed by atoms with van der Waals surface area (Å²) in [5.41, 5.74) is -0.224. The number of thiophene rings is 1. The van der Waals surface area contributed by atoms with Crippen molar-refractivity contribution in [2.24, 2.45) is 0 Å². The van der Waals surface area contributed by atoms with Gasteiger partial charge in [-0.25, -0.2) is 13.1 Å². The molecule has 0 aromatic carbocycles. The van der Waals surface area contributed by atoms with Crippen LogP contribution in [0.5, 0.6) is 0 Å². The van der Waals surface area contributed by atoms with E-state index in [4.69, 9.17) is 10.00 Å². The number of ether oxygens (including phenoxy) is 1. The molecule has 1 fully saturated rings. The van der Waals surface area contributed by atoms with Crippen molar-refractivity contribution in [3.8, 4) is 6.07 Å². The van der Waals surface area contributed by atoms with Crippen LogP contribution in [0.25, 0.3) is 0 Å². The first-order chi connectivity index (χ1) is 9.94. The van der Waals surface area contributed by atoms with Crippen molar-refractivity contribution >= 4 is 21.4 Å². The number of rotatable bonds is 5. The zero-order valence-electron chi connectivity index (χ0n) is 12.3. The standard InChI is InChI=1S/C14H20N2O3S2/c1-3-14(4-2)9-11(7-8-19-14)16-21(17,18)13-6-5-12(10-15)20-13/h5-6,11,16H,3-4,7-9H2,1-2H3. The molecule has 1 aliphatic rings. The van der Waals surface area contributed by atoms with Crippen LogP contribution in [-0.4, -0.2) is 26.7 Å². The van der Waals surface area contributed by atoms with Gasteiger partial charge in [-0.2, -0.15) is 5.26 Å². The molecular formula is C14H20N2O3S2. The monoisotopic (exact) mass is 328 g/mol. The van der Waals surface area contributed by atoms with E-state index >= 15 is 0 Å². The van der Waals surface area contributed by atoms with E-state index in [2.05, 4.69) is 18.6 Å². The van der Waals surface area contributed by atoms with Crippen LogP contribution in [0, 0.1) is 11.3 Å². The Labute approximate surface area is 130 Å². The number of hydrogen-bond donors (Lipinski definition) is 1. The smallest absolute Gasteiger partial charge is 0.250 e. The molecule has 1 saturated heterocycles. The van der Waals surface area contributed by atoms with Gasteiger partial charge in [0.05, 0.1) is 5.60 Å². The third-order valence-corrected chi connectivity index (χ3v) is 7.06. The van der Waals surface area contributed by atoms with E-state index in [1.54, 1.807) is 0 Å². The van der Waals surface area contributed by atoms with Crippen molar-refractivity contribution in [3.63, 3.8) is 0 Å². The molecular weight excluding hydrogens is 308 g/mol. The summed E-state index contributed by atoms with van der Waals surface area (Å²) in [6.07, 6.45) is 3.12. The van der Waals surface area contributed by atoms with Gasteiger partial charge in [0.15, 0.2) is 0 Å². The highest BCUT2D eigenvalue weighted by atomic mass is 32.2. The Balaban J connectivity index is 2.11.